The Kier molecular flexibility index (Phi) is 4.69. The number of hydrogen-bond donors (Lipinski definition) is 2. The van der Waals surface area contributed by atoms with Gasteiger partial charge in [0.1, 0.15) is 0 Å². The van der Waals surface area contributed by atoms with Crippen LogP contribution in [0.3, 0.4) is 0 Å². The zero-order valence-electron chi connectivity index (χ0n) is 10.4. The van der Waals surface area contributed by atoms with Crippen molar-refractivity contribution in [3.8, 4) is 11.3 Å². The summed E-state index contributed by atoms with van der Waals surface area (Å²) in [5, 5.41) is 5.66. The van der Waals surface area contributed by atoms with Crippen molar-refractivity contribution in [2.24, 2.45) is 7.05 Å². The van der Waals surface area contributed by atoms with Gasteiger partial charge in [-0.15, -0.1) is 0 Å². The number of aromatic nitrogens is 2. The molecular weight excluding hydrogens is 242 g/mol. The van der Waals surface area contributed by atoms with Crippen LogP contribution < -0.4 is 10.9 Å². The number of rotatable bonds is 3. The number of H-pyrrole nitrogens is 1. The van der Waals surface area contributed by atoms with Gasteiger partial charge in [-0.3, -0.25) is 19.4 Å². The van der Waals surface area contributed by atoms with Gasteiger partial charge in [-0.1, -0.05) is 37.8 Å². The standard InChI is InChI=1S/C13H15N3O2.CH4/c1-9(17)14-8-11-12(15-16(2)13(11)18)10-6-4-3-5-7-10;/h3-7,15H,8H2,1-2H3,(H,14,17);1H4. The molecule has 5 nitrogen and oxygen atoms in total. The summed E-state index contributed by atoms with van der Waals surface area (Å²) in [5.74, 6) is -0.155. The highest BCUT2D eigenvalue weighted by atomic mass is 16.1. The summed E-state index contributed by atoms with van der Waals surface area (Å²) in [5.41, 5.74) is 2.12. The molecule has 0 aliphatic heterocycles. The second-order valence-electron chi connectivity index (χ2n) is 4.11. The van der Waals surface area contributed by atoms with E-state index in [4.69, 9.17) is 0 Å². The van der Waals surface area contributed by atoms with Gasteiger partial charge in [0, 0.05) is 14.0 Å². The molecule has 0 spiro atoms. The van der Waals surface area contributed by atoms with E-state index in [9.17, 15) is 9.59 Å². The Morgan fingerprint density at radius 3 is 2.53 bits per heavy atom. The van der Waals surface area contributed by atoms with Gasteiger partial charge < -0.3 is 5.32 Å². The number of carbonyl (C=O) groups is 1. The molecule has 102 valence electrons. The highest BCUT2D eigenvalue weighted by molar-refractivity contribution is 5.73. The van der Waals surface area contributed by atoms with Crippen molar-refractivity contribution in [2.75, 3.05) is 0 Å². The summed E-state index contributed by atoms with van der Waals surface area (Å²) in [6.07, 6.45) is 0. The van der Waals surface area contributed by atoms with Gasteiger partial charge in [-0.2, -0.15) is 0 Å². The first kappa shape index (κ1) is 14.8. The van der Waals surface area contributed by atoms with Crippen molar-refractivity contribution >= 4 is 5.91 Å². The molecule has 2 aromatic rings. The molecule has 1 heterocycles. The normalized spacial score (nSPS) is 9.79. The third-order valence-corrected chi connectivity index (χ3v) is 2.72. The second-order valence-corrected chi connectivity index (χ2v) is 4.11. The van der Waals surface area contributed by atoms with E-state index in [-0.39, 0.29) is 25.4 Å². The maximum Gasteiger partial charge on any atom is 0.271 e. The zero-order chi connectivity index (χ0) is 13.1. The largest absolute Gasteiger partial charge is 0.352 e. The average Bonchev–Trinajstić information content (AvgIpc) is 2.64. The highest BCUT2D eigenvalue weighted by Gasteiger charge is 2.13. The van der Waals surface area contributed by atoms with E-state index in [0.717, 1.165) is 11.3 Å². The lowest BCUT2D eigenvalue weighted by Crippen LogP contribution is -2.24. The third-order valence-electron chi connectivity index (χ3n) is 2.72. The van der Waals surface area contributed by atoms with Crippen LogP contribution in [0.4, 0.5) is 0 Å². The number of aryl methyl sites for hydroxylation is 1. The molecule has 0 saturated carbocycles. The van der Waals surface area contributed by atoms with E-state index < -0.39 is 0 Å². The van der Waals surface area contributed by atoms with Gasteiger partial charge >= 0.3 is 0 Å². The molecule has 1 aromatic carbocycles. The Balaban J connectivity index is 0.00000180. The highest BCUT2D eigenvalue weighted by Crippen LogP contribution is 2.18. The number of benzene rings is 1. The van der Waals surface area contributed by atoms with Gasteiger partial charge in [-0.25, -0.2) is 0 Å². The van der Waals surface area contributed by atoms with Crippen LogP contribution in [-0.2, 0) is 18.4 Å². The number of hydrogen-bond acceptors (Lipinski definition) is 2. The van der Waals surface area contributed by atoms with Crippen LogP contribution in [0.25, 0.3) is 11.3 Å². The van der Waals surface area contributed by atoms with E-state index in [0.29, 0.717) is 5.56 Å². The minimum atomic E-state index is -0.155. The van der Waals surface area contributed by atoms with E-state index in [2.05, 4.69) is 10.4 Å². The molecule has 19 heavy (non-hydrogen) atoms. The summed E-state index contributed by atoms with van der Waals surface area (Å²) in [7, 11) is 1.66. The molecule has 0 aliphatic carbocycles. The minimum absolute atomic E-state index is 0. The van der Waals surface area contributed by atoms with Crippen LogP contribution in [0.5, 0.6) is 0 Å². The van der Waals surface area contributed by atoms with Crippen LogP contribution in [0.15, 0.2) is 35.1 Å². The van der Waals surface area contributed by atoms with Crippen LogP contribution in [0.2, 0.25) is 0 Å². The van der Waals surface area contributed by atoms with E-state index in [1.807, 2.05) is 30.3 Å². The molecule has 0 aliphatic rings. The first-order chi connectivity index (χ1) is 8.59. The molecule has 0 atom stereocenters. The number of carbonyl (C=O) groups excluding carboxylic acids is 1. The van der Waals surface area contributed by atoms with Crippen molar-refractivity contribution < 1.29 is 4.79 Å². The molecule has 1 amide bonds. The maximum absolute atomic E-state index is 12.0. The van der Waals surface area contributed by atoms with Gasteiger partial charge in [0.15, 0.2) is 0 Å². The Morgan fingerprint density at radius 1 is 1.32 bits per heavy atom. The average molecular weight is 261 g/mol. The molecule has 0 bridgehead atoms. The van der Waals surface area contributed by atoms with Crippen LogP contribution in [0.1, 0.15) is 19.9 Å². The predicted octanol–water partition coefficient (Wildman–Crippen LogP) is 1.65. The van der Waals surface area contributed by atoms with Gasteiger partial charge in [-0.05, 0) is 5.56 Å². The molecule has 0 unspecified atom stereocenters. The Morgan fingerprint density at radius 2 is 1.95 bits per heavy atom. The Hall–Kier alpha value is -2.30. The smallest absolute Gasteiger partial charge is 0.271 e. The lowest BCUT2D eigenvalue weighted by molar-refractivity contribution is -0.119. The van der Waals surface area contributed by atoms with Crippen LogP contribution in [-0.4, -0.2) is 15.7 Å². The van der Waals surface area contributed by atoms with Gasteiger partial charge in [0.05, 0.1) is 17.8 Å². The van der Waals surface area contributed by atoms with Crippen molar-refractivity contribution in [1.29, 1.82) is 0 Å². The number of nitrogens with one attached hydrogen (secondary N) is 2. The summed E-state index contributed by atoms with van der Waals surface area (Å²) >= 11 is 0. The van der Waals surface area contributed by atoms with Crippen LogP contribution in [0, 0.1) is 0 Å². The second kappa shape index (κ2) is 6.04. The zero-order valence-corrected chi connectivity index (χ0v) is 10.4. The minimum Gasteiger partial charge on any atom is -0.352 e. The lowest BCUT2D eigenvalue weighted by atomic mass is 10.1. The van der Waals surface area contributed by atoms with Crippen molar-refractivity contribution in [1.82, 2.24) is 15.1 Å². The Bertz CT molecular complexity index is 611. The Labute approximate surface area is 112 Å². The van der Waals surface area contributed by atoms with E-state index in [1.54, 1.807) is 7.05 Å². The molecular formula is C14H19N3O2. The number of nitrogens with zero attached hydrogens (tertiary/aromatic N) is 1. The summed E-state index contributed by atoms with van der Waals surface area (Å²) < 4.78 is 1.42. The first-order valence-corrected chi connectivity index (χ1v) is 5.67. The monoisotopic (exact) mass is 261 g/mol. The maximum atomic E-state index is 12.0. The van der Waals surface area contributed by atoms with E-state index in [1.165, 1.54) is 11.6 Å². The molecule has 5 heteroatoms. The summed E-state index contributed by atoms with van der Waals surface area (Å²) in [6.45, 7) is 1.66. The molecule has 2 N–H and O–H groups in total. The molecule has 0 saturated heterocycles. The van der Waals surface area contributed by atoms with Gasteiger partial charge in [0.2, 0.25) is 5.91 Å². The third kappa shape index (κ3) is 3.13. The molecule has 1 aromatic heterocycles. The number of aromatic amines is 1. The molecule has 2 rings (SSSR count). The quantitative estimate of drug-likeness (QED) is 0.882. The molecule has 0 fully saturated rings. The predicted molar refractivity (Wildman–Crippen MR) is 75.7 cm³/mol. The topological polar surface area (TPSA) is 66.9 Å². The molecule has 0 radical (unpaired) electrons. The fraction of sp³-hybridized carbons (Fsp3) is 0.286. The van der Waals surface area contributed by atoms with Crippen molar-refractivity contribution in [2.45, 2.75) is 20.9 Å². The lowest BCUT2D eigenvalue weighted by Gasteiger charge is -2.03. The van der Waals surface area contributed by atoms with Gasteiger partial charge in [0.25, 0.3) is 5.56 Å². The van der Waals surface area contributed by atoms with Crippen molar-refractivity contribution in [3.63, 3.8) is 0 Å². The van der Waals surface area contributed by atoms with E-state index >= 15 is 0 Å². The summed E-state index contributed by atoms with van der Waals surface area (Å²) in [6, 6.07) is 9.56. The number of amides is 1. The fourth-order valence-electron chi connectivity index (χ4n) is 1.82. The first-order valence-electron chi connectivity index (χ1n) is 5.67. The van der Waals surface area contributed by atoms with Crippen LogP contribution >= 0.6 is 0 Å². The fourth-order valence-corrected chi connectivity index (χ4v) is 1.82. The van der Waals surface area contributed by atoms with Crippen molar-refractivity contribution in [3.05, 3.63) is 46.2 Å². The summed E-state index contributed by atoms with van der Waals surface area (Å²) in [4.78, 5) is 22.9. The SMILES string of the molecule is C.CC(=O)NCc1c(-c2ccccc2)[nH]n(C)c1=O.